The molecule has 0 aliphatic carbocycles. The van der Waals surface area contributed by atoms with Crippen molar-refractivity contribution < 1.29 is 25.2 Å². The van der Waals surface area contributed by atoms with Crippen LogP contribution in [0.5, 0.6) is 0 Å². The first kappa shape index (κ1) is 21.0. The Labute approximate surface area is 178 Å². The monoisotopic (exact) mass is 428 g/mol. The van der Waals surface area contributed by atoms with Crippen LogP contribution in [0, 0.1) is 6.92 Å². The van der Waals surface area contributed by atoms with Gasteiger partial charge < -0.3 is 25.2 Å². The minimum absolute atomic E-state index is 0.146. The number of aryl methyl sites for hydroxylation is 1. The molecule has 8 heteroatoms. The van der Waals surface area contributed by atoms with Crippen molar-refractivity contribution in [3.63, 3.8) is 0 Å². The number of aliphatic hydroxyl groups is 4. The highest BCUT2D eigenvalue weighted by atomic mass is 32.1. The molecule has 0 spiro atoms. The summed E-state index contributed by atoms with van der Waals surface area (Å²) in [5.74, 6) is 0.677. The van der Waals surface area contributed by atoms with Crippen LogP contribution < -0.4 is 0 Å². The Hall–Kier alpha value is -2.20. The molecule has 0 amide bonds. The Bertz CT molecular complexity index is 1010. The molecule has 1 fully saturated rings. The Morgan fingerprint density at radius 1 is 1.17 bits per heavy atom. The van der Waals surface area contributed by atoms with E-state index in [9.17, 15) is 20.4 Å². The molecule has 3 aromatic rings. The first-order valence-electron chi connectivity index (χ1n) is 9.70. The van der Waals surface area contributed by atoms with E-state index in [0.29, 0.717) is 17.8 Å². The van der Waals surface area contributed by atoms with Crippen LogP contribution in [0.2, 0.25) is 0 Å². The highest BCUT2D eigenvalue weighted by Gasteiger charge is 2.52. The maximum atomic E-state index is 11.3. The largest absolute Gasteiger partial charge is 0.394 e. The number of hydrogen-bond acceptors (Lipinski definition) is 8. The number of hydrogen-bond donors (Lipinski definition) is 4. The normalized spacial score (nSPS) is 26.6. The summed E-state index contributed by atoms with van der Waals surface area (Å²) in [4.78, 5) is 10.6. The molecule has 7 nitrogen and oxygen atoms in total. The maximum Gasteiger partial charge on any atom is 0.169 e. The number of nitrogens with zero attached hydrogens (tertiary/aromatic N) is 2. The van der Waals surface area contributed by atoms with E-state index in [1.165, 1.54) is 0 Å². The van der Waals surface area contributed by atoms with Gasteiger partial charge in [-0.15, -0.1) is 11.3 Å². The van der Waals surface area contributed by atoms with Gasteiger partial charge in [0.25, 0.3) is 0 Å². The van der Waals surface area contributed by atoms with E-state index in [2.05, 4.69) is 9.97 Å². The van der Waals surface area contributed by atoms with Crippen LogP contribution in [0.4, 0.5) is 0 Å². The van der Waals surface area contributed by atoms with E-state index in [4.69, 9.17) is 4.74 Å². The van der Waals surface area contributed by atoms with Crippen LogP contribution in [0.25, 0.3) is 10.7 Å². The first-order chi connectivity index (χ1) is 14.4. The number of thiophene rings is 1. The number of rotatable bonds is 5. The Balaban J connectivity index is 1.65. The van der Waals surface area contributed by atoms with Gasteiger partial charge in [0.05, 0.1) is 18.1 Å². The second kappa shape index (κ2) is 8.50. The van der Waals surface area contributed by atoms with Gasteiger partial charge in [-0.2, -0.15) is 0 Å². The quantitative estimate of drug-likeness (QED) is 0.486. The fraction of sp³-hybridized carbons (Fsp3) is 0.364. The fourth-order valence-electron chi connectivity index (χ4n) is 3.78. The molecule has 1 aliphatic heterocycles. The van der Waals surface area contributed by atoms with Gasteiger partial charge in [-0.05, 0) is 41.8 Å². The molecule has 2 aromatic heterocycles. The van der Waals surface area contributed by atoms with E-state index in [1.54, 1.807) is 41.9 Å². The molecule has 4 atom stereocenters. The van der Waals surface area contributed by atoms with E-state index >= 15 is 0 Å². The number of benzene rings is 1. The Morgan fingerprint density at radius 2 is 1.93 bits per heavy atom. The second-order valence-electron chi connectivity index (χ2n) is 7.50. The fourth-order valence-corrected chi connectivity index (χ4v) is 4.76. The smallest absolute Gasteiger partial charge is 0.169 e. The number of aliphatic hydroxyl groups excluding tert-OH is 3. The Morgan fingerprint density at radius 3 is 2.67 bits per heavy atom. The molecule has 0 unspecified atom stereocenters. The zero-order chi connectivity index (χ0) is 21.3. The van der Waals surface area contributed by atoms with Crippen molar-refractivity contribution in [2.45, 2.75) is 37.3 Å². The lowest BCUT2D eigenvalue weighted by Gasteiger charge is -2.45. The lowest BCUT2D eigenvalue weighted by molar-refractivity contribution is -0.255. The third-order valence-electron chi connectivity index (χ3n) is 5.56. The maximum absolute atomic E-state index is 11.3. The summed E-state index contributed by atoms with van der Waals surface area (Å²) in [5, 5.41) is 41.5. The summed E-state index contributed by atoms with van der Waals surface area (Å²) < 4.78 is 5.40. The third kappa shape index (κ3) is 3.78. The zero-order valence-electron chi connectivity index (χ0n) is 16.5. The first-order valence-corrected chi connectivity index (χ1v) is 10.5. The molecule has 30 heavy (non-hydrogen) atoms. The summed E-state index contributed by atoms with van der Waals surface area (Å²) in [7, 11) is 0. The van der Waals surface area contributed by atoms with Gasteiger partial charge >= 0.3 is 0 Å². The van der Waals surface area contributed by atoms with Gasteiger partial charge in [0.1, 0.15) is 23.9 Å². The van der Waals surface area contributed by atoms with Gasteiger partial charge in [0.2, 0.25) is 0 Å². The summed E-state index contributed by atoms with van der Waals surface area (Å²) >= 11 is 1.59. The van der Waals surface area contributed by atoms with Gasteiger partial charge in [-0.25, -0.2) is 9.97 Å². The van der Waals surface area contributed by atoms with Crippen molar-refractivity contribution in [3.8, 4) is 10.7 Å². The van der Waals surface area contributed by atoms with Crippen molar-refractivity contribution in [1.29, 1.82) is 0 Å². The number of aromatic nitrogens is 2. The van der Waals surface area contributed by atoms with Crippen molar-refractivity contribution in [2.24, 2.45) is 0 Å². The third-order valence-corrected chi connectivity index (χ3v) is 6.65. The average Bonchev–Trinajstić information content (AvgIpc) is 3.23. The van der Waals surface area contributed by atoms with Crippen LogP contribution in [0.3, 0.4) is 0 Å². The molecule has 1 aromatic carbocycles. The van der Waals surface area contributed by atoms with E-state index < -0.39 is 30.5 Å². The van der Waals surface area contributed by atoms with Crippen LogP contribution in [0.1, 0.15) is 21.6 Å². The van der Waals surface area contributed by atoms with Crippen molar-refractivity contribution >= 4 is 11.3 Å². The van der Waals surface area contributed by atoms with Crippen LogP contribution in [-0.4, -0.2) is 61.9 Å². The van der Waals surface area contributed by atoms with Crippen molar-refractivity contribution in [1.82, 2.24) is 9.97 Å². The molecule has 4 N–H and O–H groups in total. The van der Waals surface area contributed by atoms with E-state index in [1.807, 2.05) is 25.1 Å². The molecule has 0 bridgehead atoms. The lowest BCUT2D eigenvalue weighted by Crippen LogP contribution is -2.61. The molecular formula is C22H24N2O5S. The van der Waals surface area contributed by atoms with Crippen LogP contribution in [-0.2, 0) is 16.8 Å². The van der Waals surface area contributed by atoms with Crippen LogP contribution >= 0.6 is 11.3 Å². The molecule has 3 heterocycles. The van der Waals surface area contributed by atoms with Gasteiger partial charge in [-0.3, -0.25) is 0 Å². The van der Waals surface area contributed by atoms with Gasteiger partial charge in [0, 0.05) is 23.7 Å². The molecule has 4 rings (SSSR count). The topological polar surface area (TPSA) is 116 Å². The van der Waals surface area contributed by atoms with Crippen molar-refractivity contribution in [3.05, 3.63) is 70.4 Å². The van der Waals surface area contributed by atoms with Crippen molar-refractivity contribution in [2.75, 3.05) is 13.2 Å². The standard InChI is InChI=1S/C22H24N2O5S/c1-13-3-4-15(22(28)19(11-25)29-12-17(26)20(22)27)9-14(13)10-16-5-6-18(30-16)21-23-7-2-8-24-21/h2-9,17,19-20,25-28H,10-12H2,1H3/t17-,19+,20+,22-/m0/s1. The summed E-state index contributed by atoms with van der Waals surface area (Å²) in [6.45, 7) is 1.35. The van der Waals surface area contributed by atoms with Gasteiger partial charge in [0.15, 0.2) is 5.82 Å². The number of ether oxygens (including phenoxy) is 1. The average molecular weight is 429 g/mol. The SMILES string of the molecule is Cc1ccc([C@@]2(O)[C@H](O)[C@@H](O)CO[C@@H]2CO)cc1Cc1ccc(-c2ncccn2)s1. The zero-order valence-corrected chi connectivity index (χ0v) is 17.3. The lowest BCUT2D eigenvalue weighted by atomic mass is 9.78. The summed E-state index contributed by atoms with van der Waals surface area (Å²) in [5.41, 5.74) is 0.484. The Kier molecular flexibility index (Phi) is 5.97. The molecule has 1 aliphatic rings. The summed E-state index contributed by atoms with van der Waals surface area (Å²) in [6.07, 6.45) is 0.293. The molecule has 0 radical (unpaired) electrons. The van der Waals surface area contributed by atoms with Gasteiger partial charge in [-0.1, -0.05) is 18.2 Å². The molecular weight excluding hydrogens is 404 g/mol. The minimum Gasteiger partial charge on any atom is -0.394 e. The highest BCUT2D eigenvalue weighted by molar-refractivity contribution is 7.15. The highest BCUT2D eigenvalue weighted by Crippen LogP contribution is 2.37. The van der Waals surface area contributed by atoms with E-state index in [-0.39, 0.29) is 6.61 Å². The molecule has 158 valence electrons. The predicted molar refractivity (Wildman–Crippen MR) is 112 cm³/mol. The molecule has 0 saturated carbocycles. The minimum atomic E-state index is -1.91. The molecule has 1 saturated heterocycles. The second-order valence-corrected chi connectivity index (χ2v) is 8.67. The van der Waals surface area contributed by atoms with Crippen LogP contribution in [0.15, 0.2) is 48.8 Å². The van der Waals surface area contributed by atoms with E-state index in [0.717, 1.165) is 20.9 Å². The summed E-state index contributed by atoms with van der Waals surface area (Å²) in [6, 6.07) is 11.1. The predicted octanol–water partition coefficient (Wildman–Crippen LogP) is 1.40.